The van der Waals surface area contributed by atoms with E-state index in [0.29, 0.717) is 12.6 Å². The highest BCUT2D eigenvalue weighted by Crippen LogP contribution is 2.11. The van der Waals surface area contributed by atoms with Gasteiger partial charge in [-0.3, -0.25) is 9.48 Å². The number of amides is 1. The highest BCUT2D eigenvalue weighted by molar-refractivity contribution is 5.78. The Kier molecular flexibility index (Phi) is 6.20. The van der Waals surface area contributed by atoms with E-state index in [0.717, 1.165) is 39.1 Å². The molecule has 6 nitrogen and oxygen atoms in total. The first-order valence-electron chi connectivity index (χ1n) is 7.68. The minimum absolute atomic E-state index is 0.0589. The maximum atomic E-state index is 12.2. The van der Waals surface area contributed by atoms with E-state index in [4.69, 9.17) is 4.74 Å². The Hall–Kier alpha value is -1.40. The largest absolute Gasteiger partial charge is 0.383 e. The first-order chi connectivity index (χ1) is 10.2. The number of aromatic nitrogens is 2. The number of methoxy groups -OCH3 is 1. The third-order valence-corrected chi connectivity index (χ3v) is 4.01. The number of carbonyl (C=O) groups is 1. The van der Waals surface area contributed by atoms with Gasteiger partial charge in [-0.15, -0.1) is 0 Å². The van der Waals surface area contributed by atoms with Crippen LogP contribution in [0.25, 0.3) is 0 Å². The number of rotatable bonds is 7. The standard InChI is InChI=1S/C15H26N4O2/c1-13(12-19-7-3-6-16-19)15(20)17-14-4-8-18(9-5-14)10-11-21-2/h3,6-7,13-14H,4-5,8-12H2,1-2H3,(H,17,20). The van der Waals surface area contributed by atoms with E-state index in [2.05, 4.69) is 15.3 Å². The lowest BCUT2D eigenvalue weighted by molar-refractivity contribution is -0.126. The van der Waals surface area contributed by atoms with Crippen molar-refractivity contribution in [2.45, 2.75) is 32.4 Å². The molecule has 2 rings (SSSR count). The topological polar surface area (TPSA) is 59.4 Å². The zero-order valence-corrected chi connectivity index (χ0v) is 13.0. The molecule has 1 atom stereocenters. The Labute approximate surface area is 126 Å². The Balaban J connectivity index is 1.69. The van der Waals surface area contributed by atoms with E-state index >= 15 is 0 Å². The van der Waals surface area contributed by atoms with Crippen molar-refractivity contribution >= 4 is 5.91 Å². The molecule has 0 radical (unpaired) electrons. The summed E-state index contributed by atoms with van der Waals surface area (Å²) in [7, 11) is 1.73. The molecule has 1 aromatic rings. The third kappa shape index (κ3) is 5.13. The monoisotopic (exact) mass is 294 g/mol. The van der Waals surface area contributed by atoms with Crippen molar-refractivity contribution in [1.82, 2.24) is 20.0 Å². The predicted molar refractivity (Wildman–Crippen MR) is 80.9 cm³/mol. The maximum absolute atomic E-state index is 12.2. The summed E-state index contributed by atoms with van der Waals surface area (Å²) in [6.07, 6.45) is 5.66. The molecule has 1 N–H and O–H groups in total. The zero-order valence-electron chi connectivity index (χ0n) is 13.0. The molecule has 0 aromatic carbocycles. The molecule has 1 fully saturated rings. The number of hydrogen-bond acceptors (Lipinski definition) is 4. The first-order valence-corrected chi connectivity index (χ1v) is 7.68. The summed E-state index contributed by atoms with van der Waals surface area (Å²) in [6.45, 7) is 6.39. The van der Waals surface area contributed by atoms with Crippen LogP contribution in [0.3, 0.4) is 0 Å². The molecule has 0 saturated carbocycles. The smallest absolute Gasteiger partial charge is 0.224 e. The normalized spacial score (nSPS) is 18.6. The highest BCUT2D eigenvalue weighted by Gasteiger charge is 2.22. The first kappa shape index (κ1) is 16.0. The molecule has 0 bridgehead atoms. The second kappa shape index (κ2) is 8.14. The lowest BCUT2D eigenvalue weighted by Crippen LogP contribution is -2.47. The van der Waals surface area contributed by atoms with Crippen LogP contribution in [0.1, 0.15) is 19.8 Å². The molecule has 1 aromatic heterocycles. The number of likely N-dealkylation sites (tertiary alicyclic amines) is 1. The van der Waals surface area contributed by atoms with Crippen molar-refractivity contribution in [1.29, 1.82) is 0 Å². The van der Waals surface area contributed by atoms with Crippen molar-refractivity contribution < 1.29 is 9.53 Å². The Bertz CT molecular complexity index is 413. The second-order valence-corrected chi connectivity index (χ2v) is 5.75. The van der Waals surface area contributed by atoms with Crippen molar-refractivity contribution in [3.8, 4) is 0 Å². The molecule has 1 unspecified atom stereocenters. The summed E-state index contributed by atoms with van der Waals surface area (Å²) in [5, 5.41) is 7.31. The molecule has 2 heterocycles. The Morgan fingerprint density at radius 1 is 1.48 bits per heavy atom. The van der Waals surface area contributed by atoms with Crippen molar-refractivity contribution in [3.05, 3.63) is 18.5 Å². The highest BCUT2D eigenvalue weighted by atomic mass is 16.5. The molecule has 1 amide bonds. The van der Waals surface area contributed by atoms with Gasteiger partial charge in [0.25, 0.3) is 0 Å². The summed E-state index contributed by atoms with van der Waals surface area (Å²) in [6, 6.07) is 2.18. The second-order valence-electron chi connectivity index (χ2n) is 5.75. The number of ether oxygens (including phenoxy) is 1. The van der Waals surface area contributed by atoms with E-state index in [9.17, 15) is 4.79 Å². The van der Waals surface area contributed by atoms with Gasteiger partial charge in [0.1, 0.15) is 0 Å². The molecular weight excluding hydrogens is 268 g/mol. The molecule has 21 heavy (non-hydrogen) atoms. The van der Waals surface area contributed by atoms with Gasteiger partial charge >= 0.3 is 0 Å². The van der Waals surface area contributed by atoms with Crippen LogP contribution >= 0.6 is 0 Å². The quantitative estimate of drug-likeness (QED) is 0.806. The average Bonchev–Trinajstić information content (AvgIpc) is 2.99. The van der Waals surface area contributed by atoms with Crippen LogP contribution < -0.4 is 5.32 Å². The van der Waals surface area contributed by atoms with Gasteiger partial charge in [-0.2, -0.15) is 5.10 Å². The van der Waals surface area contributed by atoms with Crippen LogP contribution in [0.2, 0.25) is 0 Å². The zero-order chi connectivity index (χ0) is 15.1. The molecule has 118 valence electrons. The fourth-order valence-electron chi connectivity index (χ4n) is 2.64. The van der Waals surface area contributed by atoms with Gasteiger partial charge in [0.05, 0.1) is 19.1 Å². The van der Waals surface area contributed by atoms with Gasteiger partial charge in [-0.1, -0.05) is 6.92 Å². The molecular formula is C15H26N4O2. The summed E-state index contributed by atoms with van der Waals surface area (Å²) in [4.78, 5) is 14.6. The molecule has 0 aliphatic carbocycles. The van der Waals surface area contributed by atoms with Crippen LogP contribution in [0.15, 0.2) is 18.5 Å². The van der Waals surface area contributed by atoms with Gasteiger partial charge in [-0.05, 0) is 18.9 Å². The van der Waals surface area contributed by atoms with Crippen LogP contribution in [0.5, 0.6) is 0 Å². The van der Waals surface area contributed by atoms with Crippen LogP contribution in [-0.4, -0.2) is 60.0 Å². The van der Waals surface area contributed by atoms with Crippen LogP contribution in [0.4, 0.5) is 0 Å². The minimum atomic E-state index is -0.0589. The van der Waals surface area contributed by atoms with Crippen molar-refractivity contribution in [2.24, 2.45) is 5.92 Å². The average molecular weight is 294 g/mol. The Morgan fingerprint density at radius 2 is 2.24 bits per heavy atom. The van der Waals surface area contributed by atoms with Crippen molar-refractivity contribution in [3.63, 3.8) is 0 Å². The fourth-order valence-corrected chi connectivity index (χ4v) is 2.64. The van der Waals surface area contributed by atoms with E-state index < -0.39 is 0 Å². The lowest BCUT2D eigenvalue weighted by atomic mass is 10.0. The molecule has 1 aliphatic heterocycles. The molecule has 6 heteroatoms. The number of nitrogens with zero attached hydrogens (tertiary/aromatic N) is 3. The summed E-state index contributed by atoms with van der Waals surface area (Å²) < 4.78 is 6.90. The Morgan fingerprint density at radius 3 is 2.86 bits per heavy atom. The summed E-state index contributed by atoms with van der Waals surface area (Å²) in [5.74, 6) is 0.0669. The number of nitrogens with one attached hydrogen (secondary N) is 1. The van der Waals surface area contributed by atoms with E-state index in [1.165, 1.54) is 0 Å². The van der Waals surface area contributed by atoms with Gasteiger partial charge in [0.2, 0.25) is 5.91 Å². The summed E-state index contributed by atoms with van der Waals surface area (Å²) in [5.41, 5.74) is 0. The van der Waals surface area contributed by atoms with Gasteiger partial charge in [0.15, 0.2) is 0 Å². The van der Waals surface area contributed by atoms with E-state index in [1.807, 2.05) is 19.2 Å². The van der Waals surface area contributed by atoms with Crippen LogP contribution in [-0.2, 0) is 16.1 Å². The number of hydrogen-bond donors (Lipinski definition) is 1. The van der Waals surface area contributed by atoms with Crippen molar-refractivity contribution in [2.75, 3.05) is 33.4 Å². The van der Waals surface area contributed by atoms with E-state index in [-0.39, 0.29) is 11.8 Å². The van der Waals surface area contributed by atoms with Gasteiger partial charge in [0, 0.05) is 45.2 Å². The van der Waals surface area contributed by atoms with Gasteiger partial charge in [-0.25, -0.2) is 0 Å². The predicted octanol–water partition coefficient (Wildman–Crippen LogP) is 0.746. The fraction of sp³-hybridized carbons (Fsp3) is 0.733. The maximum Gasteiger partial charge on any atom is 0.224 e. The third-order valence-electron chi connectivity index (χ3n) is 4.01. The minimum Gasteiger partial charge on any atom is -0.383 e. The summed E-state index contributed by atoms with van der Waals surface area (Å²) >= 11 is 0. The number of piperidine rings is 1. The molecule has 0 spiro atoms. The molecule has 1 saturated heterocycles. The molecule has 1 aliphatic rings. The van der Waals surface area contributed by atoms with Gasteiger partial charge < -0.3 is 15.0 Å². The van der Waals surface area contributed by atoms with E-state index in [1.54, 1.807) is 18.0 Å². The van der Waals surface area contributed by atoms with Crippen LogP contribution in [0, 0.1) is 5.92 Å². The number of carbonyl (C=O) groups excluding carboxylic acids is 1. The SMILES string of the molecule is COCCN1CCC(NC(=O)C(C)Cn2cccn2)CC1. The lowest BCUT2D eigenvalue weighted by Gasteiger charge is -2.32.